The maximum Gasteiger partial charge on any atom is 0.323 e. The van der Waals surface area contributed by atoms with Crippen LogP contribution in [-0.2, 0) is 11.3 Å². The first-order chi connectivity index (χ1) is 8.11. The highest BCUT2D eigenvalue weighted by atomic mass is 79.9. The van der Waals surface area contributed by atoms with Gasteiger partial charge in [0.2, 0.25) is 0 Å². The van der Waals surface area contributed by atoms with E-state index in [4.69, 9.17) is 6.48 Å². The molecule has 1 N–H and O–H groups in total. The van der Waals surface area contributed by atoms with E-state index in [9.17, 15) is 4.79 Å². The van der Waals surface area contributed by atoms with Crippen molar-refractivity contribution in [3.63, 3.8) is 0 Å². The fourth-order valence-electron chi connectivity index (χ4n) is 1.39. The minimum atomic E-state index is -0.920. The lowest BCUT2D eigenvalue weighted by atomic mass is 10.2. The first kappa shape index (κ1) is 11.2. The zero-order valence-corrected chi connectivity index (χ0v) is 10.8. The zero-order chi connectivity index (χ0) is 13.0. The zero-order valence-electron chi connectivity index (χ0n) is 10.2. The second-order valence-electron chi connectivity index (χ2n) is 2.91. The van der Waals surface area contributed by atoms with Gasteiger partial charge in [0.1, 0.15) is 6.54 Å². The Bertz CT molecular complexity index is 537. The molecule has 16 heavy (non-hydrogen) atoms. The highest BCUT2D eigenvalue weighted by molar-refractivity contribution is 9.10. The summed E-state index contributed by atoms with van der Waals surface area (Å²) in [6.45, 7) is 3.86. The van der Waals surface area contributed by atoms with Crippen molar-refractivity contribution in [2.45, 2.75) is 20.4 Å². The standard InChI is InChI=1S/C10H8BrNO2.C2H6/c11-9-5-7-3-1-2-4-8(7)12(9)6-10(13)14;1-2/h1-5H,6H2,(H,13,14);1-2H3/i5T;. The first-order valence-electron chi connectivity index (χ1n) is 5.56. The fourth-order valence-corrected chi connectivity index (χ4v) is 1.92. The summed E-state index contributed by atoms with van der Waals surface area (Å²) in [4.78, 5) is 10.7. The summed E-state index contributed by atoms with van der Waals surface area (Å²) in [6.07, 6.45) is 0. The number of aliphatic carboxylic acids is 1. The third-order valence-corrected chi connectivity index (χ3v) is 2.59. The Morgan fingerprint density at radius 1 is 1.50 bits per heavy atom. The molecule has 0 aliphatic carbocycles. The van der Waals surface area contributed by atoms with Crippen LogP contribution in [0.2, 0.25) is 0 Å². The second kappa shape index (κ2) is 5.70. The van der Waals surface area contributed by atoms with Gasteiger partial charge >= 0.3 is 5.97 Å². The van der Waals surface area contributed by atoms with Crippen molar-refractivity contribution in [2.75, 3.05) is 0 Å². The Morgan fingerprint density at radius 2 is 2.12 bits per heavy atom. The molecule has 4 heteroatoms. The topological polar surface area (TPSA) is 42.2 Å². The number of benzene rings is 1. The molecule has 0 radical (unpaired) electrons. The second-order valence-corrected chi connectivity index (χ2v) is 3.66. The van der Waals surface area contributed by atoms with Gasteiger partial charge in [0, 0.05) is 10.9 Å². The minimum absolute atomic E-state index is 0.139. The maximum absolute atomic E-state index is 10.7. The summed E-state index contributed by atoms with van der Waals surface area (Å²) in [5.74, 6) is -0.920. The number of hydrogen-bond donors (Lipinski definition) is 1. The third kappa shape index (κ3) is 2.64. The fraction of sp³-hybridized carbons (Fsp3) is 0.250. The van der Waals surface area contributed by atoms with Gasteiger partial charge < -0.3 is 9.67 Å². The van der Waals surface area contributed by atoms with E-state index in [0.29, 0.717) is 10.6 Å². The van der Waals surface area contributed by atoms with Crippen molar-refractivity contribution < 1.29 is 11.3 Å². The van der Waals surface area contributed by atoms with Crippen molar-refractivity contribution in [1.82, 2.24) is 4.57 Å². The van der Waals surface area contributed by atoms with Crippen LogP contribution in [0.15, 0.2) is 34.9 Å². The summed E-state index contributed by atoms with van der Waals surface area (Å²) in [7, 11) is 0. The highest BCUT2D eigenvalue weighted by Crippen LogP contribution is 2.23. The van der Waals surface area contributed by atoms with Crippen LogP contribution >= 0.6 is 15.9 Å². The van der Waals surface area contributed by atoms with Crippen LogP contribution in [0.5, 0.6) is 0 Å². The molecule has 2 aromatic rings. The van der Waals surface area contributed by atoms with Gasteiger partial charge in [-0.15, -0.1) is 0 Å². The molecular formula is C12H14BrNO2. The van der Waals surface area contributed by atoms with Gasteiger partial charge in [-0.1, -0.05) is 32.0 Å². The Morgan fingerprint density at radius 3 is 2.75 bits per heavy atom. The van der Waals surface area contributed by atoms with Gasteiger partial charge in [0.05, 0.1) is 5.97 Å². The molecule has 0 saturated carbocycles. The predicted molar refractivity (Wildman–Crippen MR) is 68.6 cm³/mol. The van der Waals surface area contributed by atoms with E-state index >= 15 is 0 Å². The molecule has 0 unspecified atom stereocenters. The number of fused-ring (bicyclic) bond motifs is 1. The van der Waals surface area contributed by atoms with E-state index < -0.39 is 5.97 Å². The number of carbonyl (C=O) groups is 1. The Kier molecular flexibility index (Phi) is 3.99. The molecule has 0 aliphatic heterocycles. The van der Waals surface area contributed by atoms with Crippen LogP contribution in [0.25, 0.3) is 10.9 Å². The van der Waals surface area contributed by atoms with Crippen LogP contribution in [-0.4, -0.2) is 15.6 Å². The average molecular weight is 286 g/mol. The van der Waals surface area contributed by atoms with E-state index in [2.05, 4.69) is 15.9 Å². The SMILES string of the molecule is CC.[3H]c1c(Br)n(CC(=O)O)c2ccccc12. The molecule has 0 bridgehead atoms. The molecule has 3 nitrogen and oxygen atoms in total. The number of carboxylic acids is 1. The summed E-state index contributed by atoms with van der Waals surface area (Å²) in [5.41, 5.74) is 0.761. The largest absolute Gasteiger partial charge is 0.480 e. The van der Waals surface area contributed by atoms with Crippen LogP contribution in [0.4, 0.5) is 0 Å². The number of hydrogen-bond acceptors (Lipinski definition) is 1. The molecule has 0 amide bonds. The van der Waals surface area contributed by atoms with E-state index in [1.54, 1.807) is 16.7 Å². The van der Waals surface area contributed by atoms with Crippen LogP contribution < -0.4 is 0 Å². The molecule has 1 heterocycles. The molecule has 86 valence electrons. The summed E-state index contributed by atoms with van der Waals surface area (Å²) in [5, 5.41) is 9.51. The van der Waals surface area contributed by atoms with Crippen molar-refractivity contribution in [3.8, 4) is 0 Å². The normalized spacial score (nSPS) is 10.6. The van der Waals surface area contributed by atoms with Crippen molar-refractivity contribution >= 4 is 32.8 Å². The summed E-state index contributed by atoms with van der Waals surface area (Å²) < 4.78 is 9.87. The molecular weight excluding hydrogens is 270 g/mol. The number of carboxylic acid groups (broad SMARTS) is 1. The lowest BCUT2D eigenvalue weighted by Gasteiger charge is -2.02. The van der Waals surface area contributed by atoms with Crippen molar-refractivity contribution in [2.24, 2.45) is 0 Å². The van der Waals surface area contributed by atoms with Gasteiger partial charge in [-0.3, -0.25) is 4.79 Å². The molecule has 2 rings (SSSR count). The van der Waals surface area contributed by atoms with Crippen molar-refractivity contribution in [1.29, 1.82) is 0 Å². The van der Waals surface area contributed by atoms with E-state index in [0.717, 1.165) is 10.9 Å². The van der Waals surface area contributed by atoms with E-state index in [1.807, 2.05) is 26.0 Å². The highest BCUT2D eigenvalue weighted by Gasteiger charge is 2.08. The summed E-state index contributed by atoms with van der Waals surface area (Å²) in [6, 6.07) is 7.60. The lowest BCUT2D eigenvalue weighted by molar-refractivity contribution is -0.137. The van der Waals surface area contributed by atoms with E-state index in [-0.39, 0.29) is 6.54 Å². The maximum atomic E-state index is 10.7. The van der Waals surface area contributed by atoms with Gasteiger partial charge in [0.15, 0.2) is 0 Å². The molecule has 1 aromatic heterocycles. The predicted octanol–water partition coefficient (Wildman–Crippen LogP) is 3.51. The quantitative estimate of drug-likeness (QED) is 0.917. The Labute approximate surface area is 104 Å². The molecule has 0 spiro atoms. The van der Waals surface area contributed by atoms with Crippen molar-refractivity contribution in [3.05, 3.63) is 34.9 Å². The monoisotopic (exact) mass is 285 g/mol. The van der Waals surface area contributed by atoms with Gasteiger partial charge in [-0.25, -0.2) is 0 Å². The number of halogens is 1. The molecule has 0 atom stereocenters. The smallest absolute Gasteiger partial charge is 0.323 e. The molecule has 0 saturated heterocycles. The lowest BCUT2D eigenvalue weighted by Crippen LogP contribution is -2.08. The molecule has 0 fully saturated rings. The van der Waals surface area contributed by atoms with Crippen LogP contribution in [0, 0.1) is 0 Å². The van der Waals surface area contributed by atoms with Crippen LogP contribution in [0.3, 0.4) is 0 Å². The van der Waals surface area contributed by atoms with Gasteiger partial charge in [-0.05, 0) is 28.0 Å². The number of rotatable bonds is 2. The molecule has 0 aliphatic rings. The minimum Gasteiger partial charge on any atom is -0.480 e. The number of para-hydroxylation sites is 1. The van der Waals surface area contributed by atoms with Gasteiger partial charge in [-0.2, -0.15) is 0 Å². The number of nitrogens with zero attached hydrogens (tertiary/aromatic N) is 1. The van der Waals surface area contributed by atoms with Gasteiger partial charge in [0.25, 0.3) is 0 Å². The third-order valence-electron chi connectivity index (χ3n) is 1.96. The summed E-state index contributed by atoms with van der Waals surface area (Å²) >= 11 is 3.23. The van der Waals surface area contributed by atoms with Crippen LogP contribution in [0.1, 0.15) is 15.2 Å². The average Bonchev–Trinajstić information content (AvgIpc) is 2.57. The number of aromatic nitrogens is 1. The first-order valence-corrected chi connectivity index (χ1v) is 5.85. The van der Waals surface area contributed by atoms with E-state index in [1.165, 1.54) is 0 Å². The molecule has 1 aromatic carbocycles. The Balaban J connectivity index is 0.000000686. The Hall–Kier alpha value is -1.29.